The fourth-order valence-electron chi connectivity index (χ4n) is 3.90. The first kappa shape index (κ1) is 20.1. The van der Waals surface area contributed by atoms with Crippen LogP contribution in [0.15, 0.2) is 35.0 Å². The Kier molecular flexibility index (Phi) is 7.13. The van der Waals surface area contributed by atoms with Crippen molar-refractivity contribution in [3.05, 3.63) is 46.2 Å². The Labute approximate surface area is 166 Å². The normalized spacial score (nSPS) is 18.3. The molecule has 1 aliphatic rings. The van der Waals surface area contributed by atoms with Crippen LogP contribution in [0.3, 0.4) is 0 Å². The lowest BCUT2D eigenvalue weighted by Crippen LogP contribution is -2.44. The van der Waals surface area contributed by atoms with E-state index in [-0.39, 0.29) is 0 Å². The van der Waals surface area contributed by atoms with Gasteiger partial charge in [-0.2, -0.15) is 0 Å². The molecule has 0 saturated carbocycles. The van der Waals surface area contributed by atoms with Crippen LogP contribution in [0.5, 0.6) is 5.75 Å². The Morgan fingerprint density at radius 2 is 1.96 bits per heavy atom. The number of methoxy groups -OCH3 is 1. The van der Waals surface area contributed by atoms with Crippen molar-refractivity contribution in [2.24, 2.45) is 0 Å². The minimum absolute atomic E-state index is 0.419. The number of ether oxygens (including phenoxy) is 1. The highest BCUT2D eigenvalue weighted by Gasteiger charge is 2.26. The molecule has 5 nitrogen and oxygen atoms in total. The monoisotopic (exact) mass is 389 g/mol. The van der Waals surface area contributed by atoms with E-state index in [2.05, 4.69) is 22.5 Å². The average Bonchev–Trinajstić information content (AvgIpc) is 3.13. The number of aliphatic hydroxyl groups is 1. The summed E-state index contributed by atoms with van der Waals surface area (Å²) in [6, 6.07) is 8.49. The van der Waals surface area contributed by atoms with Crippen molar-refractivity contribution in [1.82, 2.24) is 10.2 Å². The van der Waals surface area contributed by atoms with Crippen molar-refractivity contribution < 1.29 is 9.84 Å². The van der Waals surface area contributed by atoms with E-state index in [0.29, 0.717) is 18.6 Å². The van der Waals surface area contributed by atoms with Gasteiger partial charge in [-0.05, 0) is 42.3 Å². The van der Waals surface area contributed by atoms with E-state index in [1.54, 1.807) is 18.4 Å². The summed E-state index contributed by atoms with van der Waals surface area (Å²) in [6.45, 7) is 4.93. The third-order valence-corrected chi connectivity index (χ3v) is 6.32. The minimum atomic E-state index is -0.497. The summed E-state index contributed by atoms with van der Waals surface area (Å²) in [6.07, 6.45) is 2.77. The molecule has 0 aliphatic carbocycles. The van der Waals surface area contributed by atoms with E-state index in [1.165, 1.54) is 5.56 Å². The summed E-state index contributed by atoms with van der Waals surface area (Å²) in [5, 5.41) is 18.2. The van der Waals surface area contributed by atoms with E-state index in [1.807, 2.05) is 29.6 Å². The zero-order chi connectivity index (χ0) is 19.2. The maximum Gasteiger partial charge on any atom is 0.118 e. The number of aliphatic hydroxyl groups excluding tert-OH is 1. The molecule has 1 aromatic heterocycles. The highest BCUT2D eigenvalue weighted by Crippen LogP contribution is 2.33. The number of hydrogen-bond acceptors (Lipinski definition) is 6. The third-order valence-electron chi connectivity index (χ3n) is 5.54. The molecule has 3 rings (SSSR count). The Hall–Kier alpha value is -1.60. The predicted octanol–water partition coefficient (Wildman–Crippen LogP) is 3.58. The fourth-order valence-corrected chi connectivity index (χ4v) is 4.69. The zero-order valence-corrected chi connectivity index (χ0v) is 17.0. The number of hydrogen-bond donors (Lipinski definition) is 3. The summed E-state index contributed by atoms with van der Waals surface area (Å²) in [4.78, 5) is 2.55. The van der Waals surface area contributed by atoms with E-state index in [9.17, 15) is 5.11 Å². The van der Waals surface area contributed by atoms with Gasteiger partial charge in [0.1, 0.15) is 5.75 Å². The van der Waals surface area contributed by atoms with Crippen LogP contribution in [-0.4, -0.2) is 42.8 Å². The molecule has 4 N–H and O–H groups in total. The highest BCUT2D eigenvalue weighted by molar-refractivity contribution is 7.08. The number of nitrogens with zero attached hydrogens (tertiary/aromatic N) is 1. The van der Waals surface area contributed by atoms with Gasteiger partial charge in [0.25, 0.3) is 0 Å². The lowest BCUT2D eigenvalue weighted by molar-refractivity contribution is 0.125. The summed E-state index contributed by atoms with van der Waals surface area (Å²) in [7, 11) is 1.65. The number of nitrogen functional groups attached to an aromatic ring is 1. The summed E-state index contributed by atoms with van der Waals surface area (Å²) in [5.74, 6) is 0.808. The molecule has 148 valence electrons. The Balaban J connectivity index is 1.47. The average molecular weight is 390 g/mol. The largest absolute Gasteiger partial charge is 0.497 e. The van der Waals surface area contributed by atoms with Crippen molar-refractivity contribution in [1.29, 1.82) is 0 Å². The molecular weight excluding hydrogens is 358 g/mol. The molecule has 0 bridgehead atoms. The van der Waals surface area contributed by atoms with E-state index in [4.69, 9.17) is 10.5 Å². The molecule has 0 radical (unpaired) electrons. The first-order valence-electron chi connectivity index (χ1n) is 9.73. The SMILES string of the molecule is CCC(c1cscc1N)N1CCC(NCC(O)c2ccc(OC)cc2)CC1. The summed E-state index contributed by atoms with van der Waals surface area (Å²) < 4.78 is 5.17. The van der Waals surface area contributed by atoms with Gasteiger partial charge in [0.15, 0.2) is 0 Å². The zero-order valence-electron chi connectivity index (χ0n) is 16.2. The molecule has 6 heteroatoms. The van der Waals surface area contributed by atoms with Crippen LogP contribution in [0.2, 0.25) is 0 Å². The van der Waals surface area contributed by atoms with Crippen molar-refractivity contribution >= 4 is 17.0 Å². The van der Waals surface area contributed by atoms with Crippen molar-refractivity contribution in [3.63, 3.8) is 0 Å². The number of benzene rings is 1. The van der Waals surface area contributed by atoms with Gasteiger partial charge < -0.3 is 20.9 Å². The van der Waals surface area contributed by atoms with Crippen LogP contribution in [0, 0.1) is 0 Å². The number of nitrogens with one attached hydrogen (secondary N) is 1. The minimum Gasteiger partial charge on any atom is -0.497 e. The van der Waals surface area contributed by atoms with E-state index in [0.717, 1.165) is 49.4 Å². The number of likely N-dealkylation sites (tertiary alicyclic amines) is 1. The second-order valence-corrected chi connectivity index (χ2v) is 7.96. The maximum absolute atomic E-state index is 10.4. The number of rotatable bonds is 8. The second-order valence-electron chi connectivity index (χ2n) is 7.21. The van der Waals surface area contributed by atoms with Crippen molar-refractivity contribution in [2.45, 2.75) is 44.4 Å². The standard InChI is InChI=1S/C21H31N3O2S/c1-3-20(18-13-27-14-19(18)22)24-10-8-16(9-11-24)23-12-21(25)15-4-6-17(26-2)7-5-15/h4-7,13-14,16,20-21,23,25H,3,8-12,22H2,1-2H3. The van der Waals surface area contributed by atoms with Crippen LogP contribution in [0.25, 0.3) is 0 Å². The van der Waals surface area contributed by atoms with Crippen molar-refractivity contribution in [2.75, 3.05) is 32.5 Å². The number of nitrogens with two attached hydrogens (primary N) is 1. The smallest absolute Gasteiger partial charge is 0.118 e. The van der Waals surface area contributed by atoms with Crippen LogP contribution in [0.1, 0.15) is 49.5 Å². The number of thiophene rings is 1. The fraction of sp³-hybridized carbons (Fsp3) is 0.524. The summed E-state index contributed by atoms with van der Waals surface area (Å²) in [5.41, 5.74) is 9.26. The second kappa shape index (κ2) is 9.55. The molecule has 1 fully saturated rings. The summed E-state index contributed by atoms with van der Waals surface area (Å²) >= 11 is 1.69. The lowest BCUT2D eigenvalue weighted by atomic mass is 9.98. The Bertz CT molecular complexity index is 696. The van der Waals surface area contributed by atoms with Gasteiger partial charge in [0.2, 0.25) is 0 Å². The first-order chi connectivity index (χ1) is 13.1. The Morgan fingerprint density at radius 1 is 1.26 bits per heavy atom. The molecule has 27 heavy (non-hydrogen) atoms. The molecule has 0 spiro atoms. The van der Waals surface area contributed by atoms with Gasteiger partial charge in [0.05, 0.1) is 13.2 Å². The van der Waals surface area contributed by atoms with Gasteiger partial charge in [-0.15, -0.1) is 11.3 Å². The molecule has 2 unspecified atom stereocenters. The van der Waals surface area contributed by atoms with Gasteiger partial charge in [-0.25, -0.2) is 0 Å². The molecule has 2 aromatic rings. The van der Waals surface area contributed by atoms with E-state index < -0.39 is 6.10 Å². The van der Waals surface area contributed by atoms with E-state index >= 15 is 0 Å². The molecule has 1 aromatic carbocycles. The number of piperidine rings is 1. The quantitative estimate of drug-likeness (QED) is 0.644. The van der Waals surface area contributed by atoms with Crippen molar-refractivity contribution in [3.8, 4) is 5.75 Å². The van der Waals surface area contributed by atoms with Crippen LogP contribution < -0.4 is 15.8 Å². The third kappa shape index (κ3) is 5.02. The number of anilines is 1. The van der Waals surface area contributed by atoms with Gasteiger partial charge in [-0.1, -0.05) is 19.1 Å². The molecule has 2 heterocycles. The van der Waals surface area contributed by atoms with Gasteiger partial charge in [0, 0.05) is 48.3 Å². The van der Waals surface area contributed by atoms with Gasteiger partial charge >= 0.3 is 0 Å². The molecule has 1 saturated heterocycles. The molecule has 2 atom stereocenters. The first-order valence-corrected chi connectivity index (χ1v) is 10.7. The molecule has 1 aliphatic heterocycles. The van der Waals surface area contributed by atoms with Crippen LogP contribution >= 0.6 is 11.3 Å². The Morgan fingerprint density at radius 3 is 2.52 bits per heavy atom. The van der Waals surface area contributed by atoms with Crippen LogP contribution in [0.4, 0.5) is 5.69 Å². The predicted molar refractivity (Wildman–Crippen MR) is 112 cm³/mol. The molecular formula is C21H31N3O2S. The van der Waals surface area contributed by atoms with Crippen LogP contribution in [-0.2, 0) is 0 Å². The topological polar surface area (TPSA) is 70.8 Å². The lowest BCUT2D eigenvalue weighted by Gasteiger charge is -2.38. The highest BCUT2D eigenvalue weighted by atomic mass is 32.1. The van der Waals surface area contributed by atoms with Gasteiger partial charge in [-0.3, -0.25) is 4.90 Å². The molecule has 0 amide bonds. The maximum atomic E-state index is 10.4.